The minimum Gasteiger partial charge on any atom is -0.450 e. The third-order valence-corrected chi connectivity index (χ3v) is 8.15. The van der Waals surface area contributed by atoms with Crippen molar-refractivity contribution in [2.24, 2.45) is 11.3 Å². The van der Waals surface area contributed by atoms with Crippen LogP contribution in [0.25, 0.3) is 0 Å². The number of carbonyl (C=O) groups is 2. The summed E-state index contributed by atoms with van der Waals surface area (Å²) in [4.78, 5) is 26.6. The summed E-state index contributed by atoms with van der Waals surface area (Å²) in [5.41, 5.74) is 0.746. The van der Waals surface area contributed by atoms with E-state index in [1.54, 1.807) is 6.92 Å². The van der Waals surface area contributed by atoms with E-state index in [-0.39, 0.29) is 17.8 Å². The number of carbonyl (C=O) groups excluding carboxylic acids is 2. The maximum Gasteiger partial charge on any atom is 0.407 e. The normalized spacial score (nSPS) is 24.4. The number of nitrogens with zero attached hydrogens (tertiary/aromatic N) is 1. The molecule has 34 heavy (non-hydrogen) atoms. The standard InChI is InChI=1S/C27H41ClN2O4/c1-4-33-25(32)29-20-26(14-7-5-8-15-26)18-24(31)34-23-13-10-12-21(17-23)27(28)16-9-6-11-22(27)19-30(2)3/h10,12-13,17,22H,4-9,11,14-16,18-20H2,1-3H3,(H,29,32). The second kappa shape index (κ2) is 12.3. The van der Waals surface area contributed by atoms with Crippen LogP contribution in [0.4, 0.5) is 4.79 Å². The first-order chi connectivity index (χ1) is 16.3. The smallest absolute Gasteiger partial charge is 0.407 e. The van der Waals surface area contributed by atoms with Crippen molar-refractivity contribution in [1.29, 1.82) is 0 Å². The van der Waals surface area contributed by atoms with E-state index in [4.69, 9.17) is 21.1 Å². The molecular formula is C27H41ClN2O4. The zero-order valence-corrected chi connectivity index (χ0v) is 21.8. The number of nitrogens with one attached hydrogen (secondary N) is 1. The SMILES string of the molecule is CCOC(=O)NCC1(CC(=O)Oc2cccc(C3(Cl)CCCCC3CN(C)C)c2)CCCCC1. The summed E-state index contributed by atoms with van der Waals surface area (Å²) in [6, 6.07) is 7.77. The van der Waals surface area contributed by atoms with Crippen LogP contribution in [0.1, 0.15) is 76.7 Å². The summed E-state index contributed by atoms with van der Waals surface area (Å²) in [6.07, 6.45) is 9.22. The number of hydrogen-bond donors (Lipinski definition) is 1. The summed E-state index contributed by atoms with van der Waals surface area (Å²) in [5.74, 6) is 0.631. The first kappa shape index (κ1) is 26.8. The van der Waals surface area contributed by atoms with Crippen molar-refractivity contribution in [2.75, 3.05) is 33.8 Å². The van der Waals surface area contributed by atoms with Crippen molar-refractivity contribution in [3.8, 4) is 5.75 Å². The Labute approximate surface area is 209 Å². The molecule has 1 amide bonds. The lowest BCUT2D eigenvalue weighted by Gasteiger charge is -2.41. The maximum atomic E-state index is 13.0. The van der Waals surface area contributed by atoms with Crippen LogP contribution in [0.2, 0.25) is 0 Å². The predicted octanol–water partition coefficient (Wildman–Crippen LogP) is 5.86. The number of amides is 1. The zero-order chi connectivity index (χ0) is 24.6. The molecule has 0 saturated heterocycles. The summed E-state index contributed by atoms with van der Waals surface area (Å²) in [6.45, 7) is 3.47. The van der Waals surface area contributed by atoms with Crippen LogP contribution in [-0.2, 0) is 14.4 Å². The highest BCUT2D eigenvalue weighted by Crippen LogP contribution is 2.48. The molecule has 0 radical (unpaired) electrons. The van der Waals surface area contributed by atoms with E-state index >= 15 is 0 Å². The minimum atomic E-state index is -0.445. The molecule has 0 spiro atoms. The predicted molar refractivity (Wildman–Crippen MR) is 135 cm³/mol. The lowest BCUT2D eigenvalue weighted by atomic mass is 9.71. The number of hydrogen-bond acceptors (Lipinski definition) is 5. The molecule has 0 aromatic heterocycles. The molecule has 2 atom stereocenters. The van der Waals surface area contributed by atoms with Gasteiger partial charge in [-0.25, -0.2) is 4.79 Å². The lowest BCUT2D eigenvalue weighted by Crippen LogP contribution is -2.41. The zero-order valence-electron chi connectivity index (χ0n) is 21.0. The van der Waals surface area contributed by atoms with Gasteiger partial charge in [0.15, 0.2) is 0 Å². The van der Waals surface area contributed by atoms with Crippen LogP contribution in [-0.4, -0.2) is 50.8 Å². The van der Waals surface area contributed by atoms with Gasteiger partial charge >= 0.3 is 12.1 Å². The Kier molecular flexibility index (Phi) is 9.66. The quantitative estimate of drug-likeness (QED) is 0.265. The second-order valence-corrected chi connectivity index (χ2v) is 11.1. The van der Waals surface area contributed by atoms with E-state index in [1.807, 2.05) is 18.2 Å². The van der Waals surface area contributed by atoms with Gasteiger partial charge in [-0.3, -0.25) is 4.79 Å². The topological polar surface area (TPSA) is 67.9 Å². The summed E-state index contributed by atoms with van der Waals surface area (Å²) < 4.78 is 10.8. The van der Waals surface area contributed by atoms with Gasteiger partial charge in [-0.2, -0.15) is 0 Å². The molecule has 3 rings (SSSR count). The Balaban J connectivity index is 1.69. The molecule has 190 valence electrons. The van der Waals surface area contributed by atoms with Crippen molar-refractivity contribution in [3.63, 3.8) is 0 Å². The van der Waals surface area contributed by atoms with Crippen LogP contribution >= 0.6 is 11.6 Å². The van der Waals surface area contributed by atoms with E-state index < -0.39 is 11.0 Å². The van der Waals surface area contributed by atoms with Gasteiger partial charge in [0.25, 0.3) is 0 Å². The Morgan fingerprint density at radius 3 is 2.56 bits per heavy atom. The molecule has 2 aliphatic rings. The molecule has 1 aromatic rings. The first-order valence-electron chi connectivity index (χ1n) is 12.8. The van der Waals surface area contributed by atoms with E-state index in [0.29, 0.717) is 24.8 Å². The number of esters is 1. The third-order valence-electron chi connectivity index (χ3n) is 7.44. The van der Waals surface area contributed by atoms with E-state index in [1.165, 1.54) is 6.42 Å². The molecular weight excluding hydrogens is 452 g/mol. The fourth-order valence-electron chi connectivity index (χ4n) is 5.71. The Hall–Kier alpha value is -1.79. The van der Waals surface area contributed by atoms with Crippen molar-refractivity contribution in [3.05, 3.63) is 29.8 Å². The van der Waals surface area contributed by atoms with Gasteiger partial charge in [-0.1, -0.05) is 44.2 Å². The van der Waals surface area contributed by atoms with Gasteiger partial charge in [0, 0.05) is 13.1 Å². The Morgan fingerprint density at radius 1 is 1.12 bits per heavy atom. The van der Waals surface area contributed by atoms with Crippen LogP contribution in [0.15, 0.2) is 24.3 Å². The summed E-state index contributed by atoms with van der Waals surface area (Å²) >= 11 is 7.27. The lowest BCUT2D eigenvalue weighted by molar-refractivity contribution is -0.137. The van der Waals surface area contributed by atoms with Crippen molar-refractivity contribution >= 4 is 23.7 Å². The van der Waals surface area contributed by atoms with Crippen LogP contribution < -0.4 is 10.1 Å². The average Bonchev–Trinajstić information content (AvgIpc) is 2.80. The fraction of sp³-hybridized carbons (Fsp3) is 0.704. The van der Waals surface area contributed by atoms with Crippen LogP contribution in [0, 0.1) is 11.3 Å². The van der Waals surface area contributed by atoms with Gasteiger partial charge in [0.1, 0.15) is 5.75 Å². The molecule has 2 saturated carbocycles. The molecule has 7 heteroatoms. The molecule has 0 aliphatic heterocycles. The van der Waals surface area contributed by atoms with E-state index in [9.17, 15) is 9.59 Å². The van der Waals surface area contributed by atoms with Gasteiger partial charge < -0.3 is 19.7 Å². The highest BCUT2D eigenvalue weighted by atomic mass is 35.5. The average molecular weight is 493 g/mol. The molecule has 0 bridgehead atoms. The van der Waals surface area contributed by atoms with E-state index in [0.717, 1.165) is 63.5 Å². The second-order valence-electron chi connectivity index (χ2n) is 10.4. The summed E-state index contributed by atoms with van der Waals surface area (Å²) in [5, 5.41) is 2.85. The molecule has 2 fully saturated rings. The van der Waals surface area contributed by atoms with Crippen molar-refractivity contribution in [1.82, 2.24) is 10.2 Å². The van der Waals surface area contributed by atoms with Gasteiger partial charge in [-0.05, 0) is 75.7 Å². The number of ether oxygens (including phenoxy) is 2. The first-order valence-corrected chi connectivity index (χ1v) is 13.2. The molecule has 2 unspecified atom stereocenters. The molecule has 2 aliphatic carbocycles. The van der Waals surface area contributed by atoms with Crippen LogP contribution in [0.3, 0.4) is 0 Å². The number of halogens is 1. The van der Waals surface area contributed by atoms with Gasteiger partial charge in [0.05, 0.1) is 17.9 Å². The Morgan fingerprint density at radius 2 is 1.85 bits per heavy atom. The minimum absolute atomic E-state index is 0.262. The molecule has 6 nitrogen and oxygen atoms in total. The molecule has 1 N–H and O–H groups in total. The van der Waals surface area contributed by atoms with Crippen LogP contribution in [0.5, 0.6) is 5.75 Å². The van der Waals surface area contributed by atoms with Gasteiger partial charge in [0.2, 0.25) is 0 Å². The Bertz CT molecular complexity index is 825. The molecule has 1 aromatic carbocycles. The summed E-state index contributed by atoms with van der Waals surface area (Å²) in [7, 11) is 4.17. The maximum absolute atomic E-state index is 13.0. The number of alkyl halides is 1. The number of benzene rings is 1. The number of alkyl carbamates (subject to hydrolysis) is 1. The largest absolute Gasteiger partial charge is 0.450 e. The van der Waals surface area contributed by atoms with Crippen molar-refractivity contribution in [2.45, 2.75) is 76.0 Å². The fourth-order valence-corrected chi connectivity index (χ4v) is 6.14. The highest BCUT2D eigenvalue weighted by Gasteiger charge is 2.41. The van der Waals surface area contributed by atoms with E-state index in [2.05, 4.69) is 30.4 Å². The number of rotatable bonds is 9. The van der Waals surface area contributed by atoms with Crippen molar-refractivity contribution < 1.29 is 19.1 Å². The highest BCUT2D eigenvalue weighted by molar-refractivity contribution is 6.24. The third kappa shape index (κ3) is 7.11. The van der Waals surface area contributed by atoms with Gasteiger partial charge in [-0.15, -0.1) is 11.6 Å². The monoisotopic (exact) mass is 492 g/mol. The molecule has 0 heterocycles.